The van der Waals surface area contributed by atoms with E-state index in [1.807, 2.05) is 36.0 Å². The van der Waals surface area contributed by atoms with Crippen LogP contribution in [0.3, 0.4) is 0 Å². The normalized spacial score (nSPS) is 9.83. The third-order valence-corrected chi connectivity index (χ3v) is 1.76. The van der Waals surface area contributed by atoms with Crippen molar-refractivity contribution in [3.8, 4) is 5.88 Å². The Morgan fingerprint density at radius 1 is 1.42 bits per heavy atom. The number of pyridine rings is 1. The molecule has 0 saturated heterocycles. The Morgan fingerprint density at radius 2 is 2.25 bits per heavy atom. The molecule has 0 amide bonds. The minimum atomic E-state index is 0.814. The van der Waals surface area contributed by atoms with E-state index < -0.39 is 0 Å². The zero-order valence-electron chi connectivity index (χ0n) is 7.79. The van der Waals surface area contributed by atoms with Crippen molar-refractivity contribution in [2.45, 2.75) is 19.8 Å². The summed E-state index contributed by atoms with van der Waals surface area (Å²) in [7, 11) is 1.99. The van der Waals surface area contributed by atoms with E-state index in [9.17, 15) is 0 Å². The molecule has 0 aliphatic rings. The number of aromatic nitrogens is 1. The first-order chi connectivity index (χ1) is 5.84. The molecule has 0 fully saturated rings. The van der Waals surface area contributed by atoms with Gasteiger partial charge >= 0.3 is 5.88 Å². The van der Waals surface area contributed by atoms with Crippen LogP contribution in [0.25, 0.3) is 0 Å². The molecule has 2 heteroatoms. The van der Waals surface area contributed by atoms with Crippen LogP contribution in [-0.2, 0) is 7.05 Å². The summed E-state index contributed by atoms with van der Waals surface area (Å²) >= 11 is 0. The molecule has 0 spiro atoms. The molecule has 0 aromatic carbocycles. The third kappa shape index (κ3) is 2.53. The summed E-state index contributed by atoms with van der Waals surface area (Å²) < 4.78 is 7.52. The average Bonchev–Trinajstić information content (AvgIpc) is 2.09. The Labute approximate surface area is 73.8 Å². The second kappa shape index (κ2) is 4.75. The Morgan fingerprint density at radius 3 is 2.92 bits per heavy atom. The van der Waals surface area contributed by atoms with Gasteiger partial charge in [0.25, 0.3) is 0 Å². The number of nitrogens with zero attached hydrogens (tertiary/aromatic N) is 1. The molecule has 0 saturated carbocycles. The molecule has 66 valence electrons. The van der Waals surface area contributed by atoms with Crippen LogP contribution in [0.1, 0.15) is 19.8 Å². The van der Waals surface area contributed by atoms with Crippen LogP contribution in [0.2, 0.25) is 0 Å². The van der Waals surface area contributed by atoms with Gasteiger partial charge in [-0.2, -0.15) is 4.57 Å². The highest BCUT2D eigenvalue weighted by Crippen LogP contribution is 2.01. The second-order valence-corrected chi connectivity index (χ2v) is 2.85. The molecular formula is C10H16NO+. The van der Waals surface area contributed by atoms with E-state index in [-0.39, 0.29) is 0 Å². The van der Waals surface area contributed by atoms with Gasteiger partial charge in [-0.25, -0.2) is 0 Å². The minimum absolute atomic E-state index is 0.814. The van der Waals surface area contributed by atoms with Crippen LogP contribution in [0, 0.1) is 0 Å². The van der Waals surface area contributed by atoms with Gasteiger partial charge in [-0.1, -0.05) is 13.3 Å². The smallest absolute Gasteiger partial charge is 0.367 e. The zero-order valence-corrected chi connectivity index (χ0v) is 7.79. The molecule has 2 nitrogen and oxygen atoms in total. The lowest BCUT2D eigenvalue weighted by Gasteiger charge is -2.01. The Balaban J connectivity index is 2.46. The lowest BCUT2D eigenvalue weighted by atomic mass is 10.4. The van der Waals surface area contributed by atoms with Crippen molar-refractivity contribution in [1.29, 1.82) is 0 Å². The molecule has 0 atom stereocenters. The van der Waals surface area contributed by atoms with Crippen molar-refractivity contribution in [3.63, 3.8) is 0 Å². The average molecular weight is 166 g/mol. The topological polar surface area (TPSA) is 13.1 Å². The summed E-state index contributed by atoms with van der Waals surface area (Å²) in [5.74, 6) is 0.936. The number of ether oxygens (including phenoxy) is 1. The highest BCUT2D eigenvalue weighted by atomic mass is 16.5. The first-order valence-corrected chi connectivity index (χ1v) is 4.42. The van der Waals surface area contributed by atoms with Crippen molar-refractivity contribution in [2.75, 3.05) is 6.61 Å². The molecule has 0 aliphatic heterocycles. The molecule has 1 aromatic heterocycles. The first-order valence-electron chi connectivity index (χ1n) is 4.42. The highest BCUT2D eigenvalue weighted by Gasteiger charge is 2.03. The van der Waals surface area contributed by atoms with Crippen molar-refractivity contribution in [1.82, 2.24) is 0 Å². The highest BCUT2D eigenvalue weighted by molar-refractivity contribution is 5.02. The maximum atomic E-state index is 5.54. The fraction of sp³-hybridized carbons (Fsp3) is 0.500. The van der Waals surface area contributed by atoms with Crippen molar-refractivity contribution >= 4 is 0 Å². The lowest BCUT2D eigenvalue weighted by Crippen LogP contribution is -2.29. The monoisotopic (exact) mass is 166 g/mol. The number of rotatable bonds is 4. The van der Waals surface area contributed by atoms with E-state index in [1.54, 1.807) is 0 Å². The van der Waals surface area contributed by atoms with Crippen LogP contribution >= 0.6 is 0 Å². The maximum absolute atomic E-state index is 5.54. The van der Waals surface area contributed by atoms with E-state index >= 15 is 0 Å². The lowest BCUT2D eigenvalue weighted by molar-refractivity contribution is -0.677. The van der Waals surface area contributed by atoms with Crippen molar-refractivity contribution in [2.24, 2.45) is 7.05 Å². The van der Waals surface area contributed by atoms with E-state index in [0.29, 0.717) is 0 Å². The molecule has 1 aromatic rings. The molecule has 0 bridgehead atoms. The molecular weight excluding hydrogens is 150 g/mol. The summed E-state index contributed by atoms with van der Waals surface area (Å²) in [6.07, 6.45) is 4.28. The van der Waals surface area contributed by atoms with Crippen LogP contribution in [0.15, 0.2) is 24.4 Å². The standard InChI is InChI=1S/C10H16NO/c1-3-4-9-12-10-7-5-6-8-11(10)2/h5-8H,3-4,9H2,1-2H3/q+1. The van der Waals surface area contributed by atoms with Gasteiger partial charge in [-0.3, -0.25) is 0 Å². The van der Waals surface area contributed by atoms with Gasteiger partial charge in [0.2, 0.25) is 0 Å². The van der Waals surface area contributed by atoms with Crippen LogP contribution in [0.4, 0.5) is 0 Å². The van der Waals surface area contributed by atoms with Gasteiger partial charge in [0.15, 0.2) is 6.20 Å². The van der Waals surface area contributed by atoms with Gasteiger partial charge in [0.1, 0.15) is 7.05 Å². The van der Waals surface area contributed by atoms with Crippen molar-refractivity contribution in [3.05, 3.63) is 24.4 Å². The van der Waals surface area contributed by atoms with Gasteiger partial charge in [-0.15, -0.1) is 0 Å². The van der Waals surface area contributed by atoms with E-state index in [2.05, 4.69) is 6.92 Å². The summed E-state index contributed by atoms with van der Waals surface area (Å²) in [5.41, 5.74) is 0. The fourth-order valence-corrected chi connectivity index (χ4v) is 0.979. The Kier molecular flexibility index (Phi) is 3.58. The zero-order chi connectivity index (χ0) is 8.81. The number of hydrogen-bond acceptors (Lipinski definition) is 1. The maximum Gasteiger partial charge on any atom is 0.367 e. The summed E-state index contributed by atoms with van der Waals surface area (Å²) in [5, 5.41) is 0. The van der Waals surface area contributed by atoms with Crippen LogP contribution in [-0.4, -0.2) is 6.61 Å². The first kappa shape index (κ1) is 9.04. The number of aryl methyl sites for hydroxylation is 1. The van der Waals surface area contributed by atoms with Gasteiger partial charge in [0.05, 0.1) is 12.7 Å². The summed E-state index contributed by atoms with van der Waals surface area (Å²) in [6, 6.07) is 5.96. The van der Waals surface area contributed by atoms with Gasteiger partial charge in [0, 0.05) is 6.07 Å². The molecule has 0 aliphatic carbocycles. The molecule has 0 unspecified atom stereocenters. The number of unbranched alkanes of at least 4 members (excludes halogenated alkanes) is 1. The largest absolute Gasteiger partial charge is 0.444 e. The Hall–Kier alpha value is -1.05. The van der Waals surface area contributed by atoms with Gasteiger partial charge in [-0.05, 0) is 12.5 Å². The minimum Gasteiger partial charge on any atom is -0.444 e. The summed E-state index contributed by atoms with van der Waals surface area (Å²) in [4.78, 5) is 0. The van der Waals surface area contributed by atoms with E-state index in [4.69, 9.17) is 4.74 Å². The van der Waals surface area contributed by atoms with Crippen LogP contribution in [0.5, 0.6) is 5.88 Å². The van der Waals surface area contributed by atoms with E-state index in [1.165, 1.54) is 6.42 Å². The van der Waals surface area contributed by atoms with Crippen LogP contribution < -0.4 is 9.30 Å². The molecule has 1 heterocycles. The molecule has 0 radical (unpaired) electrons. The third-order valence-electron chi connectivity index (χ3n) is 1.76. The number of hydrogen-bond donors (Lipinski definition) is 0. The molecule has 0 N–H and O–H groups in total. The van der Waals surface area contributed by atoms with Crippen molar-refractivity contribution < 1.29 is 9.30 Å². The summed E-state index contributed by atoms with van der Waals surface area (Å²) in [6.45, 7) is 2.97. The fourth-order valence-electron chi connectivity index (χ4n) is 0.979. The SMILES string of the molecule is CCCCOc1cccc[n+]1C. The van der Waals surface area contributed by atoms with E-state index in [0.717, 1.165) is 18.9 Å². The second-order valence-electron chi connectivity index (χ2n) is 2.85. The quantitative estimate of drug-likeness (QED) is 0.490. The Bertz CT molecular complexity index is 235. The predicted molar refractivity (Wildman–Crippen MR) is 48.0 cm³/mol. The predicted octanol–water partition coefficient (Wildman–Crippen LogP) is 1.69. The molecule has 1 rings (SSSR count). The molecule has 12 heavy (non-hydrogen) atoms. The van der Waals surface area contributed by atoms with Gasteiger partial charge < -0.3 is 4.74 Å².